The number of nitrogens with zero attached hydrogens (tertiary/aromatic N) is 4. The Morgan fingerprint density at radius 1 is 1.30 bits per heavy atom. The summed E-state index contributed by atoms with van der Waals surface area (Å²) < 4.78 is 16.4. The first-order chi connectivity index (χ1) is 14.5. The van der Waals surface area contributed by atoms with Gasteiger partial charge in [0.05, 0.1) is 56.2 Å². The van der Waals surface area contributed by atoms with Gasteiger partial charge in [-0.1, -0.05) is 17.3 Å². The number of morpholine rings is 1. The molecule has 1 amide bonds. The number of carbonyl (C=O) groups excluding carboxylic acids is 1. The molecule has 156 valence electrons. The molecular formula is C22H24N4O4. The van der Waals surface area contributed by atoms with E-state index in [0.29, 0.717) is 31.2 Å². The number of hydrogen-bond donors (Lipinski definition) is 0. The zero-order chi connectivity index (χ0) is 21.1. The van der Waals surface area contributed by atoms with Gasteiger partial charge in [0.25, 0.3) is 0 Å². The number of hydrogen-bond acceptors (Lipinski definition) is 7. The van der Waals surface area contributed by atoms with Gasteiger partial charge in [0, 0.05) is 17.7 Å². The molecule has 3 aromatic rings. The third-order valence-corrected chi connectivity index (χ3v) is 5.28. The minimum atomic E-state index is -0.328. The number of amides is 1. The zero-order valence-corrected chi connectivity index (χ0v) is 17.3. The van der Waals surface area contributed by atoms with Crippen molar-refractivity contribution in [3.05, 3.63) is 59.4 Å². The van der Waals surface area contributed by atoms with E-state index >= 15 is 0 Å². The topological polar surface area (TPSA) is 90.6 Å². The van der Waals surface area contributed by atoms with E-state index < -0.39 is 0 Å². The Morgan fingerprint density at radius 3 is 2.93 bits per heavy atom. The van der Waals surface area contributed by atoms with Crippen LogP contribution in [0.1, 0.15) is 28.8 Å². The van der Waals surface area contributed by atoms with Gasteiger partial charge in [-0.2, -0.15) is 0 Å². The van der Waals surface area contributed by atoms with E-state index in [1.54, 1.807) is 24.4 Å². The Labute approximate surface area is 174 Å². The average molecular weight is 408 g/mol. The largest absolute Gasteiger partial charge is 0.497 e. The highest BCUT2D eigenvalue weighted by Gasteiger charge is 2.28. The van der Waals surface area contributed by atoms with E-state index in [1.807, 2.05) is 38.1 Å². The molecule has 0 N–H and O–H groups in total. The van der Waals surface area contributed by atoms with Gasteiger partial charge in [0.15, 0.2) is 0 Å². The average Bonchev–Trinajstić information content (AvgIpc) is 3.11. The molecule has 0 bridgehead atoms. The van der Waals surface area contributed by atoms with Gasteiger partial charge in [-0.25, -0.2) is 4.98 Å². The Balaban J connectivity index is 1.50. The first kappa shape index (κ1) is 20.0. The summed E-state index contributed by atoms with van der Waals surface area (Å²) in [5.74, 6) is 1.46. The molecule has 0 spiro atoms. The fourth-order valence-corrected chi connectivity index (χ4v) is 3.53. The Bertz CT molecular complexity index is 1030. The van der Waals surface area contributed by atoms with Gasteiger partial charge in [-0.3, -0.25) is 9.78 Å². The Morgan fingerprint density at radius 2 is 2.17 bits per heavy atom. The lowest BCUT2D eigenvalue weighted by atomic mass is 10.1. The number of aromatic nitrogens is 3. The molecule has 30 heavy (non-hydrogen) atoms. The van der Waals surface area contributed by atoms with E-state index in [4.69, 9.17) is 19.0 Å². The quantitative estimate of drug-likeness (QED) is 0.641. The smallest absolute Gasteiger partial charge is 0.227 e. The monoisotopic (exact) mass is 408 g/mol. The van der Waals surface area contributed by atoms with E-state index in [1.165, 1.54) is 0 Å². The minimum Gasteiger partial charge on any atom is -0.497 e. The van der Waals surface area contributed by atoms with E-state index in [2.05, 4.69) is 10.1 Å². The van der Waals surface area contributed by atoms with Gasteiger partial charge in [0.2, 0.25) is 5.91 Å². The molecule has 0 radical (unpaired) electrons. The third kappa shape index (κ3) is 4.18. The maximum Gasteiger partial charge on any atom is 0.227 e. The van der Waals surface area contributed by atoms with Crippen LogP contribution in [-0.2, 0) is 16.0 Å². The van der Waals surface area contributed by atoms with Crippen molar-refractivity contribution in [3.8, 4) is 17.0 Å². The van der Waals surface area contributed by atoms with Crippen molar-refractivity contribution in [2.75, 3.05) is 26.8 Å². The van der Waals surface area contributed by atoms with E-state index in [0.717, 1.165) is 28.3 Å². The molecule has 0 saturated carbocycles. The Hall–Kier alpha value is -3.26. The van der Waals surface area contributed by atoms with Gasteiger partial charge >= 0.3 is 0 Å². The predicted molar refractivity (Wildman–Crippen MR) is 109 cm³/mol. The summed E-state index contributed by atoms with van der Waals surface area (Å²) in [5.41, 5.74) is 3.94. The number of benzene rings is 1. The predicted octanol–water partition coefficient (Wildman–Crippen LogP) is 2.90. The second kappa shape index (κ2) is 8.62. The van der Waals surface area contributed by atoms with Crippen LogP contribution in [0, 0.1) is 13.8 Å². The summed E-state index contributed by atoms with van der Waals surface area (Å²) in [4.78, 5) is 23.7. The first-order valence-corrected chi connectivity index (χ1v) is 9.82. The van der Waals surface area contributed by atoms with Gasteiger partial charge in [0.1, 0.15) is 17.6 Å². The van der Waals surface area contributed by atoms with E-state index in [-0.39, 0.29) is 18.4 Å². The molecule has 1 aliphatic heterocycles. The standard InChI is InChI=1S/C22H24N4O4/c1-14-18(15(2)30-25-14)10-22(27)26-7-8-29-21(13-26)20-12-23-11-19(24-20)16-5-4-6-17(9-16)28-3/h4-6,9,11-12,21H,7-8,10,13H2,1-3H3/t21-/m1/s1. The van der Waals surface area contributed by atoms with Crippen LogP contribution in [-0.4, -0.2) is 52.7 Å². The number of rotatable bonds is 5. The number of ether oxygens (including phenoxy) is 2. The van der Waals surface area contributed by atoms with Crippen molar-refractivity contribution >= 4 is 5.91 Å². The van der Waals surface area contributed by atoms with Crippen LogP contribution in [0.2, 0.25) is 0 Å². The molecule has 1 fully saturated rings. The van der Waals surface area contributed by atoms with Crippen molar-refractivity contribution in [2.24, 2.45) is 0 Å². The lowest BCUT2D eigenvalue weighted by molar-refractivity contribution is -0.138. The van der Waals surface area contributed by atoms with Gasteiger partial charge < -0.3 is 18.9 Å². The summed E-state index contributed by atoms with van der Waals surface area (Å²) in [5, 5.41) is 3.93. The van der Waals surface area contributed by atoms with E-state index in [9.17, 15) is 4.79 Å². The van der Waals surface area contributed by atoms with Crippen molar-refractivity contribution in [1.29, 1.82) is 0 Å². The molecule has 1 saturated heterocycles. The molecule has 0 aliphatic carbocycles. The zero-order valence-electron chi connectivity index (χ0n) is 17.3. The summed E-state index contributed by atoms with van der Waals surface area (Å²) in [6.07, 6.45) is 3.34. The number of aryl methyl sites for hydroxylation is 2. The summed E-state index contributed by atoms with van der Waals surface area (Å²) in [6.45, 7) is 5.09. The first-order valence-electron chi connectivity index (χ1n) is 9.82. The fraction of sp³-hybridized carbons (Fsp3) is 0.364. The number of methoxy groups -OCH3 is 1. The minimum absolute atomic E-state index is 0.0228. The number of carbonyl (C=O) groups is 1. The molecule has 8 nitrogen and oxygen atoms in total. The highest BCUT2D eigenvalue weighted by atomic mass is 16.5. The lowest BCUT2D eigenvalue weighted by Gasteiger charge is -2.32. The van der Waals surface area contributed by atoms with Crippen LogP contribution in [0.5, 0.6) is 5.75 Å². The molecular weight excluding hydrogens is 384 g/mol. The summed E-state index contributed by atoms with van der Waals surface area (Å²) in [7, 11) is 1.63. The molecule has 3 heterocycles. The summed E-state index contributed by atoms with van der Waals surface area (Å²) in [6, 6.07) is 7.66. The highest BCUT2D eigenvalue weighted by molar-refractivity contribution is 5.79. The van der Waals surface area contributed by atoms with Crippen molar-refractivity contribution in [3.63, 3.8) is 0 Å². The van der Waals surface area contributed by atoms with Crippen LogP contribution in [0.15, 0.2) is 41.2 Å². The molecule has 1 aliphatic rings. The van der Waals surface area contributed by atoms with Crippen LogP contribution in [0.25, 0.3) is 11.3 Å². The molecule has 1 atom stereocenters. The molecule has 1 aromatic carbocycles. The lowest BCUT2D eigenvalue weighted by Crippen LogP contribution is -2.43. The van der Waals surface area contributed by atoms with Gasteiger partial charge in [-0.15, -0.1) is 0 Å². The molecule has 0 unspecified atom stereocenters. The normalized spacial score (nSPS) is 16.5. The van der Waals surface area contributed by atoms with Crippen LogP contribution < -0.4 is 4.74 Å². The maximum atomic E-state index is 12.9. The highest BCUT2D eigenvalue weighted by Crippen LogP contribution is 2.26. The maximum absolute atomic E-state index is 12.9. The van der Waals surface area contributed by atoms with Crippen LogP contribution in [0.3, 0.4) is 0 Å². The second-order valence-electron chi connectivity index (χ2n) is 7.24. The molecule has 2 aromatic heterocycles. The SMILES string of the molecule is COc1cccc(-c2cncc([C@H]3CN(C(=O)Cc4c(C)noc4C)CCO3)n2)c1. The molecule has 8 heteroatoms. The molecule has 4 rings (SSSR count). The van der Waals surface area contributed by atoms with Crippen molar-refractivity contribution < 1.29 is 18.8 Å². The van der Waals surface area contributed by atoms with Gasteiger partial charge in [-0.05, 0) is 26.0 Å². The van der Waals surface area contributed by atoms with Crippen LogP contribution in [0.4, 0.5) is 0 Å². The second-order valence-corrected chi connectivity index (χ2v) is 7.24. The van der Waals surface area contributed by atoms with Crippen molar-refractivity contribution in [1.82, 2.24) is 20.0 Å². The third-order valence-electron chi connectivity index (χ3n) is 5.28. The van der Waals surface area contributed by atoms with Crippen molar-refractivity contribution in [2.45, 2.75) is 26.4 Å². The summed E-state index contributed by atoms with van der Waals surface area (Å²) >= 11 is 0. The Kier molecular flexibility index (Phi) is 5.76. The van der Waals surface area contributed by atoms with Crippen LogP contribution >= 0.6 is 0 Å². The fourth-order valence-electron chi connectivity index (χ4n) is 3.53.